The van der Waals surface area contributed by atoms with Crippen LogP contribution in [0.25, 0.3) is 0 Å². The molecule has 150 valence electrons. The first-order valence-electron chi connectivity index (χ1n) is 9.15. The maximum atomic E-state index is 12.3. The van der Waals surface area contributed by atoms with Crippen molar-refractivity contribution in [3.05, 3.63) is 34.3 Å². The molecular formula is C20H29ClN2O4. The molecule has 0 N–H and O–H groups in total. The van der Waals surface area contributed by atoms with Gasteiger partial charge in [0.25, 0.3) is 0 Å². The summed E-state index contributed by atoms with van der Waals surface area (Å²) in [6.45, 7) is 10.5. The summed E-state index contributed by atoms with van der Waals surface area (Å²) in [5.74, 6) is -0.286. The lowest BCUT2D eigenvalue weighted by molar-refractivity contribution is -0.139. The molecule has 1 aliphatic heterocycles. The van der Waals surface area contributed by atoms with E-state index in [1.807, 2.05) is 45.9 Å². The number of ether oxygens (including phenoxy) is 2. The van der Waals surface area contributed by atoms with Crippen molar-refractivity contribution < 1.29 is 19.1 Å². The number of esters is 1. The van der Waals surface area contributed by atoms with Crippen molar-refractivity contribution >= 4 is 23.7 Å². The first-order chi connectivity index (χ1) is 12.6. The molecule has 0 aromatic heterocycles. The predicted molar refractivity (Wildman–Crippen MR) is 105 cm³/mol. The molecule has 1 amide bonds. The number of methoxy groups -OCH3 is 1. The van der Waals surface area contributed by atoms with Crippen molar-refractivity contribution in [3.8, 4) is 0 Å². The van der Waals surface area contributed by atoms with E-state index in [1.54, 1.807) is 4.90 Å². The van der Waals surface area contributed by atoms with E-state index in [-0.39, 0.29) is 24.5 Å². The molecule has 0 saturated carbocycles. The highest BCUT2D eigenvalue weighted by Gasteiger charge is 2.30. The SMILES string of the molecule is COC(=O)Cc1ccc(CN2CCN(C(=O)OC(C)(C)C)[C@@H](C)C2)c(Cl)c1. The molecule has 1 saturated heterocycles. The van der Waals surface area contributed by atoms with Gasteiger partial charge in [-0.25, -0.2) is 4.79 Å². The Bertz CT molecular complexity index is 687. The number of amides is 1. The van der Waals surface area contributed by atoms with Gasteiger partial charge in [0, 0.05) is 37.2 Å². The zero-order chi connectivity index (χ0) is 20.2. The third kappa shape index (κ3) is 6.40. The number of piperazine rings is 1. The summed E-state index contributed by atoms with van der Waals surface area (Å²) in [4.78, 5) is 27.8. The standard InChI is InChI=1S/C20H29ClN2O4/c1-14-12-22(8-9-23(14)19(25)27-20(2,3)4)13-16-7-6-15(10-17(16)21)11-18(24)26-5/h6-7,10,14H,8-9,11-13H2,1-5H3/t14-/m0/s1. The Kier molecular flexibility index (Phi) is 7.12. The minimum atomic E-state index is -0.493. The Labute approximate surface area is 166 Å². The van der Waals surface area contributed by atoms with Crippen molar-refractivity contribution in [2.24, 2.45) is 0 Å². The molecule has 1 atom stereocenters. The van der Waals surface area contributed by atoms with Gasteiger partial charge in [0.05, 0.1) is 13.5 Å². The minimum absolute atomic E-state index is 0.0611. The second-order valence-electron chi connectivity index (χ2n) is 7.94. The zero-order valence-corrected chi connectivity index (χ0v) is 17.5. The molecule has 0 spiro atoms. The fourth-order valence-electron chi connectivity index (χ4n) is 3.08. The monoisotopic (exact) mass is 396 g/mol. The van der Waals surface area contributed by atoms with Crippen molar-refractivity contribution in [1.29, 1.82) is 0 Å². The Hall–Kier alpha value is -1.79. The van der Waals surface area contributed by atoms with Gasteiger partial charge in [-0.2, -0.15) is 0 Å². The molecule has 0 bridgehead atoms. The third-order valence-electron chi connectivity index (χ3n) is 4.43. The lowest BCUT2D eigenvalue weighted by atomic mass is 10.1. The van der Waals surface area contributed by atoms with E-state index in [0.29, 0.717) is 18.1 Å². The van der Waals surface area contributed by atoms with Gasteiger partial charge in [0.2, 0.25) is 0 Å². The van der Waals surface area contributed by atoms with Crippen LogP contribution in [0.1, 0.15) is 38.8 Å². The van der Waals surface area contributed by atoms with Gasteiger partial charge in [-0.15, -0.1) is 0 Å². The molecule has 7 heteroatoms. The molecular weight excluding hydrogens is 368 g/mol. The van der Waals surface area contributed by atoms with Crippen LogP contribution < -0.4 is 0 Å². The van der Waals surface area contributed by atoms with Crippen LogP contribution in [0.2, 0.25) is 5.02 Å². The average molecular weight is 397 g/mol. The first kappa shape index (κ1) is 21.5. The van der Waals surface area contributed by atoms with Crippen molar-refractivity contribution in [2.75, 3.05) is 26.7 Å². The highest BCUT2D eigenvalue weighted by molar-refractivity contribution is 6.31. The number of hydrogen-bond donors (Lipinski definition) is 0. The average Bonchev–Trinajstić information content (AvgIpc) is 2.55. The van der Waals surface area contributed by atoms with Crippen LogP contribution in [0, 0.1) is 0 Å². The van der Waals surface area contributed by atoms with Crippen molar-refractivity contribution in [1.82, 2.24) is 9.80 Å². The number of halogens is 1. The van der Waals surface area contributed by atoms with Gasteiger partial charge in [-0.1, -0.05) is 23.7 Å². The second kappa shape index (κ2) is 8.93. The molecule has 1 aromatic carbocycles. The van der Waals surface area contributed by atoms with E-state index in [1.165, 1.54) is 7.11 Å². The summed E-state index contributed by atoms with van der Waals surface area (Å²) in [6.07, 6.45) is -0.0536. The Morgan fingerprint density at radius 2 is 1.96 bits per heavy atom. The smallest absolute Gasteiger partial charge is 0.410 e. The summed E-state index contributed by atoms with van der Waals surface area (Å²) < 4.78 is 10.2. The Morgan fingerprint density at radius 1 is 1.26 bits per heavy atom. The van der Waals surface area contributed by atoms with Crippen molar-refractivity contribution in [3.63, 3.8) is 0 Å². The van der Waals surface area contributed by atoms with Gasteiger partial charge >= 0.3 is 12.1 Å². The maximum Gasteiger partial charge on any atom is 0.410 e. The summed E-state index contributed by atoms with van der Waals surface area (Å²) in [5, 5.41) is 0.638. The van der Waals surface area contributed by atoms with Crippen molar-refractivity contribution in [2.45, 2.75) is 52.3 Å². The van der Waals surface area contributed by atoms with Gasteiger partial charge in [0.15, 0.2) is 0 Å². The highest BCUT2D eigenvalue weighted by Crippen LogP contribution is 2.22. The number of hydrogen-bond acceptors (Lipinski definition) is 5. The maximum absolute atomic E-state index is 12.3. The lowest BCUT2D eigenvalue weighted by Gasteiger charge is -2.40. The molecule has 2 rings (SSSR count). The highest BCUT2D eigenvalue weighted by atomic mass is 35.5. The topological polar surface area (TPSA) is 59.1 Å². The van der Waals surface area contributed by atoms with E-state index in [4.69, 9.17) is 16.3 Å². The molecule has 1 fully saturated rings. The van der Waals surface area contributed by atoms with Crippen LogP contribution in [0.4, 0.5) is 4.79 Å². The number of carbonyl (C=O) groups excluding carboxylic acids is 2. The molecule has 0 unspecified atom stereocenters. The normalized spacial score (nSPS) is 18.3. The van der Waals surface area contributed by atoms with Gasteiger partial charge < -0.3 is 14.4 Å². The summed E-state index contributed by atoms with van der Waals surface area (Å²) in [6, 6.07) is 5.73. The number of carbonyl (C=O) groups is 2. The fraction of sp³-hybridized carbons (Fsp3) is 0.600. The summed E-state index contributed by atoms with van der Waals surface area (Å²) in [7, 11) is 1.37. The lowest BCUT2D eigenvalue weighted by Crippen LogP contribution is -2.54. The molecule has 1 aliphatic rings. The van der Waals surface area contributed by atoms with Crippen LogP contribution in [0.15, 0.2) is 18.2 Å². The molecule has 1 heterocycles. The summed E-state index contributed by atoms with van der Waals surface area (Å²) in [5.41, 5.74) is 1.34. The van der Waals surface area contributed by atoms with E-state index in [2.05, 4.69) is 9.64 Å². The van der Waals surface area contributed by atoms with E-state index in [9.17, 15) is 9.59 Å². The van der Waals surface area contributed by atoms with E-state index < -0.39 is 5.60 Å². The molecule has 0 radical (unpaired) electrons. The summed E-state index contributed by atoms with van der Waals surface area (Å²) >= 11 is 6.40. The fourth-order valence-corrected chi connectivity index (χ4v) is 3.34. The van der Waals surface area contributed by atoms with E-state index in [0.717, 1.165) is 24.2 Å². The number of rotatable bonds is 4. The van der Waals surface area contributed by atoms with Crippen LogP contribution in [-0.2, 0) is 27.2 Å². The molecule has 0 aliphatic carbocycles. The van der Waals surface area contributed by atoms with Crippen LogP contribution in [0.5, 0.6) is 0 Å². The second-order valence-corrected chi connectivity index (χ2v) is 8.34. The largest absolute Gasteiger partial charge is 0.469 e. The van der Waals surface area contributed by atoms with Crippen LogP contribution in [-0.4, -0.2) is 60.2 Å². The molecule has 6 nitrogen and oxygen atoms in total. The molecule has 1 aromatic rings. The molecule has 27 heavy (non-hydrogen) atoms. The Balaban J connectivity index is 1.94. The predicted octanol–water partition coefficient (Wildman–Crippen LogP) is 3.50. The third-order valence-corrected chi connectivity index (χ3v) is 4.78. The zero-order valence-electron chi connectivity index (χ0n) is 16.8. The van der Waals surface area contributed by atoms with Gasteiger partial charge in [0.1, 0.15) is 5.60 Å². The van der Waals surface area contributed by atoms with Crippen LogP contribution >= 0.6 is 11.6 Å². The van der Waals surface area contributed by atoms with Crippen LogP contribution in [0.3, 0.4) is 0 Å². The number of benzene rings is 1. The number of nitrogens with zero attached hydrogens (tertiary/aromatic N) is 2. The van der Waals surface area contributed by atoms with Gasteiger partial charge in [-0.3, -0.25) is 9.69 Å². The van der Waals surface area contributed by atoms with E-state index >= 15 is 0 Å². The first-order valence-corrected chi connectivity index (χ1v) is 9.53. The van der Waals surface area contributed by atoms with Gasteiger partial charge in [-0.05, 0) is 44.9 Å². The quantitative estimate of drug-likeness (QED) is 0.729. The minimum Gasteiger partial charge on any atom is -0.469 e. The Morgan fingerprint density at radius 3 is 2.52 bits per heavy atom.